The van der Waals surface area contributed by atoms with Gasteiger partial charge in [0.05, 0.1) is 0 Å². The molecule has 0 heterocycles. The fourth-order valence-electron chi connectivity index (χ4n) is 3.81. The van der Waals surface area contributed by atoms with Gasteiger partial charge in [-0.15, -0.1) is 36.8 Å². The van der Waals surface area contributed by atoms with Gasteiger partial charge in [0, 0.05) is 0 Å². The minimum Gasteiger partial charge on any atom is -0.179 e. The van der Waals surface area contributed by atoms with Gasteiger partial charge in [0.15, 0.2) is 0 Å². The van der Waals surface area contributed by atoms with Gasteiger partial charge in [-0.3, -0.25) is 6.08 Å². The maximum absolute atomic E-state index is 3.34. The molecule has 0 radical (unpaired) electrons. The van der Waals surface area contributed by atoms with Crippen molar-refractivity contribution in [2.75, 3.05) is 0 Å². The first-order valence-corrected chi connectivity index (χ1v) is 12.1. The van der Waals surface area contributed by atoms with E-state index < -0.39 is 0 Å². The molecule has 0 nitrogen and oxygen atoms in total. The van der Waals surface area contributed by atoms with Crippen LogP contribution in [-0.4, -0.2) is 4.21 Å². The van der Waals surface area contributed by atoms with E-state index in [2.05, 4.69) is 72.2 Å². The zero-order chi connectivity index (χ0) is 20.0. The molecule has 0 aromatic heterocycles. The first-order valence-electron chi connectivity index (χ1n) is 10.3. The molecule has 3 aliphatic rings. The molecular formula is C27H33Cl2Zr-3. The Hall–Kier alpha value is -0.747. The van der Waals surface area contributed by atoms with Crippen LogP contribution in [0.5, 0.6) is 0 Å². The Bertz CT molecular complexity index is 707. The summed E-state index contributed by atoms with van der Waals surface area (Å²) in [4.78, 5) is 0. The summed E-state index contributed by atoms with van der Waals surface area (Å²) in [6, 6.07) is 18.1. The van der Waals surface area contributed by atoms with Crippen LogP contribution in [0, 0.1) is 24.5 Å². The monoisotopic (exact) mass is 517 g/mol. The largest absolute Gasteiger partial charge is 0.179 e. The van der Waals surface area contributed by atoms with Gasteiger partial charge in [0.25, 0.3) is 0 Å². The molecule has 3 aliphatic carbocycles. The first kappa shape index (κ1) is 29.3. The molecule has 0 aliphatic heterocycles. The second-order valence-electron chi connectivity index (χ2n) is 7.13. The smallest absolute Gasteiger partial charge is 0.0253 e. The molecule has 2 aromatic carbocycles. The van der Waals surface area contributed by atoms with E-state index >= 15 is 0 Å². The molecule has 30 heavy (non-hydrogen) atoms. The summed E-state index contributed by atoms with van der Waals surface area (Å²) in [5, 5.41) is 0. The van der Waals surface area contributed by atoms with Crippen LogP contribution in [0.4, 0.5) is 0 Å². The molecular weight excluding hydrogens is 486 g/mol. The summed E-state index contributed by atoms with van der Waals surface area (Å²) in [5.41, 5.74) is 5.51. The van der Waals surface area contributed by atoms with E-state index in [1.807, 2.05) is 18.2 Å². The SMILES string of the molecule is C[CH-]C1CCCCC1.Cl.Cl.[C-]1=CC=CC1.[CH2]=[Zr].[c-]1cccc2c1Cc1ccccc1-2. The maximum Gasteiger partial charge on any atom is -0.0253 e. The number of halogens is 2. The van der Waals surface area contributed by atoms with Gasteiger partial charge in [-0.1, -0.05) is 67.5 Å². The first-order chi connectivity index (χ1) is 13.9. The summed E-state index contributed by atoms with van der Waals surface area (Å²) >= 11 is 1.30. The van der Waals surface area contributed by atoms with Gasteiger partial charge in [-0.25, -0.2) is 12.2 Å². The van der Waals surface area contributed by atoms with Gasteiger partial charge < -0.3 is 6.42 Å². The van der Waals surface area contributed by atoms with Crippen molar-refractivity contribution in [3.63, 3.8) is 0 Å². The molecule has 2 aromatic rings. The second-order valence-corrected chi connectivity index (χ2v) is 7.13. The zero-order valence-corrected chi connectivity index (χ0v) is 22.0. The van der Waals surface area contributed by atoms with E-state index in [-0.39, 0.29) is 24.8 Å². The predicted octanol–water partition coefficient (Wildman–Crippen LogP) is 7.96. The Balaban J connectivity index is 0.000000430. The van der Waals surface area contributed by atoms with Crippen LogP contribution in [0.2, 0.25) is 0 Å². The van der Waals surface area contributed by atoms with Gasteiger partial charge in [0.1, 0.15) is 0 Å². The molecule has 0 N–H and O–H groups in total. The minimum atomic E-state index is 0. The second kappa shape index (κ2) is 17.9. The number of fused-ring (bicyclic) bond motifs is 3. The van der Waals surface area contributed by atoms with Crippen molar-refractivity contribution in [1.29, 1.82) is 0 Å². The van der Waals surface area contributed by atoms with Crippen molar-refractivity contribution in [2.45, 2.75) is 51.9 Å². The van der Waals surface area contributed by atoms with Gasteiger partial charge in [-0.2, -0.15) is 48.7 Å². The number of rotatable bonds is 1. The Labute approximate surface area is 211 Å². The molecule has 162 valence electrons. The molecule has 1 saturated carbocycles. The molecule has 0 saturated heterocycles. The average molecular weight is 520 g/mol. The standard InChI is InChI=1S/C13H9.C8H15.C5H5.CH2.2ClH.Zr/c1-3-7-12-10(5-1)9-11-6-2-4-8-13(11)12;1-2-8-6-4-3-5-7-8;1-2-4-5-3-1;;;;/h1-5,7-8H,9H2;2,8H,3-7H2,1H3;1-3H,4H2;1H2;2*1H;/q3*-1;;;;. The van der Waals surface area contributed by atoms with E-state index in [9.17, 15) is 0 Å². The number of allylic oxidation sites excluding steroid dienone is 4. The Morgan fingerprint density at radius 2 is 1.67 bits per heavy atom. The molecule has 3 heteroatoms. The van der Waals surface area contributed by atoms with Crippen LogP contribution < -0.4 is 0 Å². The van der Waals surface area contributed by atoms with Crippen molar-refractivity contribution in [2.24, 2.45) is 5.92 Å². The summed E-state index contributed by atoms with van der Waals surface area (Å²) in [7, 11) is 0. The Morgan fingerprint density at radius 3 is 2.23 bits per heavy atom. The van der Waals surface area contributed by atoms with Crippen molar-refractivity contribution in [1.82, 2.24) is 0 Å². The van der Waals surface area contributed by atoms with Crippen molar-refractivity contribution < 1.29 is 24.2 Å². The summed E-state index contributed by atoms with van der Waals surface area (Å²) in [5.74, 6) is 0.962. The van der Waals surface area contributed by atoms with E-state index in [0.29, 0.717) is 0 Å². The molecule has 0 unspecified atom stereocenters. The zero-order valence-electron chi connectivity index (χ0n) is 17.9. The fraction of sp³-hybridized carbons (Fsp3) is 0.333. The summed E-state index contributed by atoms with van der Waals surface area (Å²) in [6.07, 6.45) is 20.7. The van der Waals surface area contributed by atoms with Crippen LogP contribution in [-0.2, 0) is 30.7 Å². The van der Waals surface area contributed by atoms with Crippen LogP contribution in [0.3, 0.4) is 0 Å². The van der Waals surface area contributed by atoms with E-state index in [1.54, 1.807) is 0 Å². The fourth-order valence-corrected chi connectivity index (χ4v) is 3.81. The summed E-state index contributed by atoms with van der Waals surface area (Å²) in [6.45, 7) is 2.19. The molecule has 0 bridgehead atoms. The van der Waals surface area contributed by atoms with Crippen molar-refractivity contribution >= 4 is 29.0 Å². The normalized spacial score (nSPS) is 14.7. The predicted molar refractivity (Wildman–Crippen MR) is 133 cm³/mol. The number of hydrogen-bond acceptors (Lipinski definition) is 0. The van der Waals surface area contributed by atoms with Gasteiger partial charge >= 0.3 is 28.4 Å². The topological polar surface area (TPSA) is 0 Å². The number of benzene rings is 2. The molecule has 1 fully saturated rings. The third-order valence-corrected chi connectivity index (χ3v) is 5.32. The van der Waals surface area contributed by atoms with E-state index in [1.165, 1.54) is 78.6 Å². The van der Waals surface area contributed by atoms with Gasteiger partial charge in [-0.05, 0) is 6.42 Å². The van der Waals surface area contributed by atoms with Crippen LogP contribution >= 0.6 is 24.8 Å². The molecule has 0 spiro atoms. The quantitative estimate of drug-likeness (QED) is 0.286. The number of hydrogen-bond donors (Lipinski definition) is 0. The minimum absolute atomic E-state index is 0. The summed E-state index contributed by atoms with van der Waals surface area (Å²) < 4.78 is 3.34. The third kappa shape index (κ3) is 9.59. The van der Waals surface area contributed by atoms with E-state index in [0.717, 1.165) is 18.8 Å². The Morgan fingerprint density at radius 1 is 0.967 bits per heavy atom. The van der Waals surface area contributed by atoms with Crippen molar-refractivity contribution in [3.05, 3.63) is 90.4 Å². The third-order valence-electron chi connectivity index (χ3n) is 5.32. The average Bonchev–Trinajstić information content (AvgIpc) is 3.48. The van der Waals surface area contributed by atoms with Gasteiger partial charge in [0.2, 0.25) is 0 Å². The van der Waals surface area contributed by atoms with Crippen LogP contribution in [0.25, 0.3) is 11.1 Å². The molecule has 0 amide bonds. The van der Waals surface area contributed by atoms with Crippen molar-refractivity contribution in [3.8, 4) is 11.1 Å². The molecule has 5 rings (SSSR count). The Kier molecular flexibility index (Phi) is 17.4. The van der Waals surface area contributed by atoms with E-state index in [4.69, 9.17) is 0 Å². The molecule has 0 atom stereocenters. The van der Waals surface area contributed by atoms with Crippen LogP contribution in [0.1, 0.15) is 56.6 Å². The maximum atomic E-state index is 3.34. The van der Waals surface area contributed by atoms with Crippen LogP contribution in [0.15, 0.2) is 60.7 Å².